The number of carbonyl (C=O) groups is 1. The maximum absolute atomic E-state index is 11.0. The first-order valence-electron chi connectivity index (χ1n) is 4.90. The van der Waals surface area contributed by atoms with Gasteiger partial charge < -0.3 is 10.4 Å². The molecular weight excluding hydrogens is 214 g/mol. The minimum Gasteiger partial charge on any atom is -0.481 e. The van der Waals surface area contributed by atoms with Gasteiger partial charge in [-0.2, -0.15) is 0 Å². The summed E-state index contributed by atoms with van der Waals surface area (Å²) in [5.74, 6) is -1.06. The van der Waals surface area contributed by atoms with Crippen LogP contribution in [0.4, 0.5) is 0 Å². The van der Waals surface area contributed by atoms with Gasteiger partial charge in [0.25, 0.3) is 0 Å². The Bertz CT molecular complexity index is 363. The molecule has 1 unspecified atom stereocenters. The molecule has 0 bridgehead atoms. The number of benzene rings is 1. The Hall–Kier alpha value is -1.06. The smallest absolute Gasteiger partial charge is 0.308 e. The molecule has 15 heavy (non-hydrogen) atoms. The lowest BCUT2D eigenvalue weighted by molar-refractivity contribution is -0.142. The number of nitrogens with one attached hydrogen (secondary N) is 1. The van der Waals surface area contributed by atoms with E-state index < -0.39 is 5.97 Å². The van der Waals surface area contributed by atoms with Crippen molar-refractivity contribution in [2.45, 2.75) is 12.5 Å². The van der Waals surface area contributed by atoms with Crippen molar-refractivity contribution in [1.82, 2.24) is 5.32 Å². The molecule has 0 saturated carbocycles. The van der Waals surface area contributed by atoms with Crippen molar-refractivity contribution in [3.8, 4) is 0 Å². The van der Waals surface area contributed by atoms with Crippen molar-refractivity contribution in [1.29, 1.82) is 0 Å². The molecule has 80 valence electrons. The van der Waals surface area contributed by atoms with E-state index in [1.54, 1.807) is 12.1 Å². The number of hydrogen-bond acceptors (Lipinski definition) is 2. The number of rotatable bonds is 2. The van der Waals surface area contributed by atoms with Gasteiger partial charge in [-0.3, -0.25) is 4.79 Å². The van der Waals surface area contributed by atoms with Crippen molar-refractivity contribution in [3.05, 3.63) is 34.9 Å². The van der Waals surface area contributed by atoms with E-state index in [-0.39, 0.29) is 12.0 Å². The minimum absolute atomic E-state index is 0.0835. The predicted molar refractivity (Wildman–Crippen MR) is 57.9 cm³/mol. The second-order valence-corrected chi connectivity index (χ2v) is 4.15. The molecule has 1 aromatic carbocycles. The standard InChI is InChI=1S/C11H12ClNO2/c12-8-3-1-7(2-4-8)10-9(11(14)15)5-6-13-10/h1-4,9-10,13H,5-6H2,(H,14,15)/t9-,10?/m0/s1. The topological polar surface area (TPSA) is 49.3 Å². The summed E-state index contributed by atoms with van der Waals surface area (Å²) in [5, 5.41) is 12.9. The van der Waals surface area contributed by atoms with Gasteiger partial charge in [-0.25, -0.2) is 0 Å². The van der Waals surface area contributed by atoms with Crippen molar-refractivity contribution in [2.24, 2.45) is 5.92 Å². The first-order valence-corrected chi connectivity index (χ1v) is 5.28. The van der Waals surface area contributed by atoms with Gasteiger partial charge in [-0.05, 0) is 30.7 Å². The summed E-state index contributed by atoms with van der Waals surface area (Å²) < 4.78 is 0. The lowest BCUT2D eigenvalue weighted by Crippen LogP contribution is -2.23. The molecule has 4 heteroatoms. The van der Waals surface area contributed by atoms with Gasteiger partial charge in [-0.1, -0.05) is 23.7 Å². The van der Waals surface area contributed by atoms with Crippen LogP contribution in [0.15, 0.2) is 24.3 Å². The zero-order valence-electron chi connectivity index (χ0n) is 8.11. The lowest BCUT2D eigenvalue weighted by atomic mass is 9.94. The largest absolute Gasteiger partial charge is 0.481 e. The van der Waals surface area contributed by atoms with Crippen LogP contribution >= 0.6 is 11.6 Å². The quantitative estimate of drug-likeness (QED) is 0.810. The molecule has 1 fully saturated rings. The van der Waals surface area contributed by atoms with E-state index in [0.717, 1.165) is 12.1 Å². The van der Waals surface area contributed by atoms with Crippen LogP contribution in [0.3, 0.4) is 0 Å². The highest BCUT2D eigenvalue weighted by Crippen LogP contribution is 2.30. The Balaban J connectivity index is 2.22. The maximum atomic E-state index is 11.0. The summed E-state index contributed by atoms with van der Waals surface area (Å²) in [6.45, 7) is 0.754. The first-order chi connectivity index (χ1) is 7.18. The fraction of sp³-hybridized carbons (Fsp3) is 0.364. The molecule has 1 aliphatic rings. The summed E-state index contributed by atoms with van der Waals surface area (Å²) in [6.07, 6.45) is 0.683. The summed E-state index contributed by atoms with van der Waals surface area (Å²) >= 11 is 5.78. The van der Waals surface area contributed by atoms with Crippen LogP contribution in [0.25, 0.3) is 0 Å². The fourth-order valence-electron chi connectivity index (χ4n) is 1.99. The Labute approximate surface area is 93.1 Å². The summed E-state index contributed by atoms with van der Waals surface area (Å²) in [7, 11) is 0. The van der Waals surface area contributed by atoms with Crippen molar-refractivity contribution >= 4 is 17.6 Å². The summed E-state index contributed by atoms with van der Waals surface area (Å²) in [6, 6.07) is 7.24. The third-order valence-electron chi connectivity index (χ3n) is 2.77. The zero-order chi connectivity index (χ0) is 10.8. The molecule has 0 radical (unpaired) electrons. The maximum Gasteiger partial charge on any atom is 0.308 e. The first kappa shape index (κ1) is 10.5. The summed E-state index contributed by atoms with van der Waals surface area (Å²) in [4.78, 5) is 11.0. The highest BCUT2D eigenvalue weighted by molar-refractivity contribution is 6.30. The van der Waals surface area contributed by atoms with Crippen LogP contribution in [0.1, 0.15) is 18.0 Å². The third-order valence-corrected chi connectivity index (χ3v) is 3.02. The van der Waals surface area contributed by atoms with Crippen LogP contribution in [0.2, 0.25) is 5.02 Å². The van der Waals surface area contributed by atoms with Gasteiger partial charge in [0.1, 0.15) is 0 Å². The number of carboxylic acids is 1. The minimum atomic E-state index is -0.736. The van der Waals surface area contributed by atoms with E-state index >= 15 is 0 Å². The van der Waals surface area contributed by atoms with Gasteiger partial charge in [-0.15, -0.1) is 0 Å². The molecule has 1 heterocycles. The van der Waals surface area contributed by atoms with Gasteiger partial charge in [0, 0.05) is 11.1 Å². The molecule has 0 aliphatic carbocycles. The fourth-order valence-corrected chi connectivity index (χ4v) is 2.12. The third kappa shape index (κ3) is 2.13. The SMILES string of the molecule is O=C(O)[C@H]1CCNC1c1ccc(Cl)cc1. The molecular formula is C11H12ClNO2. The molecule has 0 amide bonds. The highest BCUT2D eigenvalue weighted by Gasteiger charge is 2.33. The number of aliphatic carboxylic acids is 1. The average molecular weight is 226 g/mol. The molecule has 0 aromatic heterocycles. The number of carboxylic acid groups (broad SMARTS) is 1. The van der Waals surface area contributed by atoms with Gasteiger partial charge in [0.15, 0.2) is 0 Å². The number of hydrogen-bond donors (Lipinski definition) is 2. The Morgan fingerprint density at radius 1 is 1.40 bits per heavy atom. The van der Waals surface area contributed by atoms with Crippen molar-refractivity contribution < 1.29 is 9.90 Å². The van der Waals surface area contributed by atoms with E-state index in [9.17, 15) is 4.79 Å². The van der Waals surface area contributed by atoms with Gasteiger partial charge in [0.05, 0.1) is 5.92 Å². The van der Waals surface area contributed by atoms with Crippen LogP contribution < -0.4 is 5.32 Å². The van der Waals surface area contributed by atoms with E-state index in [4.69, 9.17) is 16.7 Å². The van der Waals surface area contributed by atoms with E-state index in [1.165, 1.54) is 0 Å². The van der Waals surface area contributed by atoms with Crippen LogP contribution in [0, 0.1) is 5.92 Å². The van der Waals surface area contributed by atoms with Crippen molar-refractivity contribution in [3.63, 3.8) is 0 Å². The van der Waals surface area contributed by atoms with E-state index in [0.29, 0.717) is 11.4 Å². The molecule has 0 spiro atoms. The molecule has 2 N–H and O–H groups in total. The van der Waals surface area contributed by atoms with Crippen molar-refractivity contribution in [2.75, 3.05) is 6.54 Å². The second kappa shape index (κ2) is 4.21. The van der Waals surface area contributed by atoms with E-state index in [1.807, 2.05) is 12.1 Å². The second-order valence-electron chi connectivity index (χ2n) is 3.72. The Morgan fingerprint density at radius 3 is 2.67 bits per heavy atom. The monoisotopic (exact) mass is 225 g/mol. The summed E-state index contributed by atoms with van der Waals surface area (Å²) in [5.41, 5.74) is 0.990. The average Bonchev–Trinajstić information content (AvgIpc) is 2.67. The predicted octanol–water partition coefficient (Wildman–Crippen LogP) is 2.08. The molecule has 1 saturated heterocycles. The molecule has 2 rings (SSSR count). The van der Waals surface area contributed by atoms with E-state index in [2.05, 4.69) is 5.32 Å². The normalized spacial score (nSPS) is 25.4. The van der Waals surface area contributed by atoms with Crippen LogP contribution in [-0.4, -0.2) is 17.6 Å². The Kier molecular flexibility index (Phi) is 2.93. The van der Waals surface area contributed by atoms with Crippen LogP contribution in [0.5, 0.6) is 0 Å². The molecule has 1 aliphatic heterocycles. The molecule has 3 nitrogen and oxygen atoms in total. The lowest BCUT2D eigenvalue weighted by Gasteiger charge is -2.16. The molecule has 1 aromatic rings. The number of halogens is 1. The Morgan fingerprint density at radius 2 is 2.07 bits per heavy atom. The zero-order valence-corrected chi connectivity index (χ0v) is 8.87. The van der Waals surface area contributed by atoms with Gasteiger partial charge in [0.2, 0.25) is 0 Å². The van der Waals surface area contributed by atoms with Gasteiger partial charge >= 0.3 is 5.97 Å². The highest BCUT2D eigenvalue weighted by atomic mass is 35.5. The van der Waals surface area contributed by atoms with Crippen LogP contribution in [-0.2, 0) is 4.79 Å². The molecule has 2 atom stereocenters.